The van der Waals surface area contributed by atoms with Gasteiger partial charge in [0.2, 0.25) is 0 Å². The third-order valence-corrected chi connectivity index (χ3v) is 4.45. The number of hydrogen-bond donors (Lipinski definition) is 1. The molecule has 1 fully saturated rings. The third-order valence-electron chi connectivity index (χ3n) is 4.45. The third kappa shape index (κ3) is 2.87. The van der Waals surface area contributed by atoms with Gasteiger partial charge in [0.25, 0.3) is 0 Å². The Bertz CT molecular complexity index is 513. The number of imidazole rings is 1. The lowest BCUT2D eigenvalue weighted by molar-refractivity contribution is 0.138. The average molecular weight is 273 g/mol. The fourth-order valence-electron chi connectivity index (χ4n) is 3.10. The molecule has 108 valence electrons. The summed E-state index contributed by atoms with van der Waals surface area (Å²) in [5.41, 5.74) is -0.409. The van der Waals surface area contributed by atoms with Crippen LogP contribution in [0.25, 0.3) is 0 Å². The van der Waals surface area contributed by atoms with E-state index in [4.69, 9.17) is 0 Å². The summed E-state index contributed by atoms with van der Waals surface area (Å²) in [5, 5.41) is 13.0. The number of rotatable bonds is 5. The van der Waals surface area contributed by atoms with Gasteiger partial charge in [-0.1, -0.05) is 0 Å². The van der Waals surface area contributed by atoms with Crippen LogP contribution in [0.5, 0.6) is 0 Å². The molecule has 0 bridgehead atoms. The van der Waals surface area contributed by atoms with E-state index in [1.807, 2.05) is 19.3 Å². The van der Waals surface area contributed by atoms with Crippen LogP contribution in [0.2, 0.25) is 0 Å². The molecule has 2 unspecified atom stereocenters. The molecule has 5 nitrogen and oxygen atoms in total. The maximum Gasteiger partial charge on any atom is 0.122 e. The minimum atomic E-state index is -0.409. The van der Waals surface area contributed by atoms with Crippen molar-refractivity contribution in [2.45, 2.75) is 63.8 Å². The second-order valence-corrected chi connectivity index (χ2v) is 6.42. The van der Waals surface area contributed by atoms with Crippen LogP contribution in [-0.2, 0) is 13.1 Å². The lowest BCUT2D eigenvalue weighted by Gasteiger charge is -2.36. The summed E-state index contributed by atoms with van der Waals surface area (Å²) in [6.45, 7) is 7.18. The summed E-state index contributed by atoms with van der Waals surface area (Å²) < 4.78 is 2.22. The molecular weight excluding hydrogens is 250 g/mol. The highest BCUT2D eigenvalue weighted by molar-refractivity contribution is 5.09. The minimum Gasteiger partial charge on any atom is -0.333 e. The summed E-state index contributed by atoms with van der Waals surface area (Å²) in [4.78, 5) is 6.84. The van der Waals surface area contributed by atoms with Gasteiger partial charge in [0, 0.05) is 37.6 Å². The van der Waals surface area contributed by atoms with E-state index in [0.717, 1.165) is 31.9 Å². The molecule has 0 amide bonds. The first-order valence-corrected chi connectivity index (χ1v) is 7.53. The van der Waals surface area contributed by atoms with Gasteiger partial charge in [-0.3, -0.25) is 10.2 Å². The van der Waals surface area contributed by atoms with Crippen LogP contribution in [0.1, 0.15) is 38.9 Å². The number of nitriles is 1. The molecule has 0 spiro atoms. The first kappa shape index (κ1) is 13.6. The van der Waals surface area contributed by atoms with Crippen molar-refractivity contribution in [1.29, 1.82) is 5.26 Å². The van der Waals surface area contributed by atoms with E-state index in [2.05, 4.69) is 32.8 Å². The van der Waals surface area contributed by atoms with Crippen molar-refractivity contribution in [3.63, 3.8) is 0 Å². The zero-order valence-corrected chi connectivity index (χ0v) is 12.3. The molecule has 2 aliphatic rings. The molecule has 1 saturated carbocycles. The van der Waals surface area contributed by atoms with Gasteiger partial charge in [0.15, 0.2) is 0 Å². The van der Waals surface area contributed by atoms with Gasteiger partial charge >= 0.3 is 0 Å². The van der Waals surface area contributed by atoms with Crippen molar-refractivity contribution in [2.24, 2.45) is 0 Å². The van der Waals surface area contributed by atoms with Crippen LogP contribution in [0.4, 0.5) is 0 Å². The summed E-state index contributed by atoms with van der Waals surface area (Å²) >= 11 is 0. The molecule has 2 atom stereocenters. The molecule has 1 aromatic rings. The number of hydrogen-bond acceptors (Lipinski definition) is 4. The van der Waals surface area contributed by atoms with Crippen molar-refractivity contribution in [1.82, 2.24) is 19.8 Å². The molecule has 0 aromatic carbocycles. The van der Waals surface area contributed by atoms with Crippen LogP contribution >= 0.6 is 0 Å². The predicted octanol–water partition coefficient (Wildman–Crippen LogP) is 1.51. The van der Waals surface area contributed by atoms with E-state index >= 15 is 0 Å². The fraction of sp³-hybridized carbons (Fsp3) is 0.733. The van der Waals surface area contributed by atoms with Gasteiger partial charge in [0.05, 0.1) is 12.6 Å². The van der Waals surface area contributed by atoms with Gasteiger partial charge in [-0.05, 0) is 33.1 Å². The maximum absolute atomic E-state index is 9.49. The minimum absolute atomic E-state index is 0.386. The van der Waals surface area contributed by atoms with Gasteiger partial charge in [-0.2, -0.15) is 5.26 Å². The zero-order chi connectivity index (χ0) is 14.2. The molecule has 0 radical (unpaired) electrons. The summed E-state index contributed by atoms with van der Waals surface area (Å²) in [5.74, 6) is 1.14. The first-order chi connectivity index (χ1) is 9.59. The SMILES string of the molecule is CC(CC(C)(C#N)NC1CC1)N1CCn2ccnc2C1. The Kier molecular flexibility index (Phi) is 3.53. The van der Waals surface area contributed by atoms with Crippen LogP contribution in [0.3, 0.4) is 0 Å². The highest BCUT2D eigenvalue weighted by Gasteiger charge is 2.35. The molecular formula is C15H23N5. The second kappa shape index (κ2) is 5.19. The quantitative estimate of drug-likeness (QED) is 0.883. The van der Waals surface area contributed by atoms with Crippen molar-refractivity contribution < 1.29 is 0 Å². The summed E-state index contributed by atoms with van der Waals surface area (Å²) in [6.07, 6.45) is 7.21. The van der Waals surface area contributed by atoms with Crippen molar-refractivity contribution >= 4 is 0 Å². The number of fused-ring (bicyclic) bond motifs is 1. The van der Waals surface area contributed by atoms with Crippen LogP contribution in [0.15, 0.2) is 12.4 Å². The Morgan fingerprint density at radius 1 is 1.55 bits per heavy atom. The lowest BCUT2D eigenvalue weighted by Crippen LogP contribution is -2.49. The van der Waals surface area contributed by atoms with E-state index in [9.17, 15) is 5.26 Å². The maximum atomic E-state index is 9.49. The topological polar surface area (TPSA) is 56.9 Å². The predicted molar refractivity (Wildman–Crippen MR) is 76.9 cm³/mol. The smallest absolute Gasteiger partial charge is 0.122 e. The lowest BCUT2D eigenvalue weighted by atomic mass is 9.94. The number of nitrogens with one attached hydrogen (secondary N) is 1. The Morgan fingerprint density at radius 3 is 3.05 bits per heavy atom. The van der Waals surface area contributed by atoms with Crippen LogP contribution in [0, 0.1) is 11.3 Å². The average Bonchev–Trinajstić information content (AvgIpc) is 3.11. The van der Waals surface area contributed by atoms with E-state index in [1.165, 1.54) is 12.8 Å². The number of aromatic nitrogens is 2. The van der Waals surface area contributed by atoms with Crippen molar-refractivity contribution in [2.75, 3.05) is 6.54 Å². The zero-order valence-electron chi connectivity index (χ0n) is 12.3. The molecule has 1 aromatic heterocycles. The first-order valence-electron chi connectivity index (χ1n) is 7.53. The molecule has 20 heavy (non-hydrogen) atoms. The Hall–Kier alpha value is -1.38. The summed E-state index contributed by atoms with van der Waals surface area (Å²) in [7, 11) is 0. The van der Waals surface area contributed by atoms with Gasteiger partial charge in [-0.15, -0.1) is 0 Å². The molecule has 5 heteroatoms. The fourth-order valence-corrected chi connectivity index (χ4v) is 3.10. The molecule has 1 aliphatic heterocycles. The van der Waals surface area contributed by atoms with Gasteiger partial charge in [-0.25, -0.2) is 4.98 Å². The number of nitrogens with zero attached hydrogens (tertiary/aromatic N) is 4. The highest BCUT2D eigenvalue weighted by atomic mass is 15.3. The van der Waals surface area contributed by atoms with E-state index in [0.29, 0.717) is 12.1 Å². The molecule has 1 aliphatic carbocycles. The van der Waals surface area contributed by atoms with E-state index < -0.39 is 5.54 Å². The Morgan fingerprint density at radius 2 is 2.35 bits per heavy atom. The second-order valence-electron chi connectivity index (χ2n) is 6.42. The van der Waals surface area contributed by atoms with Crippen LogP contribution in [-0.4, -0.2) is 38.6 Å². The molecule has 0 saturated heterocycles. The largest absolute Gasteiger partial charge is 0.333 e. The summed E-state index contributed by atoms with van der Waals surface area (Å²) in [6, 6.07) is 3.42. The van der Waals surface area contributed by atoms with E-state index in [1.54, 1.807) is 0 Å². The monoisotopic (exact) mass is 273 g/mol. The normalized spacial score (nSPS) is 23.6. The standard InChI is InChI=1S/C15H23N5/c1-12(9-15(2,11-16)18-13-3-4-13)20-8-7-19-6-5-17-14(19)10-20/h5-6,12-13,18H,3-4,7-10H2,1-2H3. The van der Waals surface area contributed by atoms with Crippen molar-refractivity contribution in [3.05, 3.63) is 18.2 Å². The molecule has 1 N–H and O–H groups in total. The van der Waals surface area contributed by atoms with Crippen LogP contribution < -0.4 is 5.32 Å². The molecule has 2 heterocycles. The van der Waals surface area contributed by atoms with E-state index in [-0.39, 0.29) is 0 Å². The molecule has 3 rings (SSSR count). The highest BCUT2D eigenvalue weighted by Crippen LogP contribution is 2.26. The van der Waals surface area contributed by atoms with Gasteiger partial charge in [0.1, 0.15) is 11.4 Å². The Labute approximate surface area is 120 Å². The van der Waals surface area contributed by atoms with Gasteiger partial charge < -0.3 is 4.57 Å². The van der Waals surface area contributed by atoms with Crippen molar-refractivity contribution in [3.8, 4) is 6.07 Å². The Balaban J connectivity index is 1.61.